The first-order valence-electron chi connectivity index (χ1n) is 10.7. The Labute approximate surface area is 179 Å². The van der Waals surface area contributed by atoms with E-state index in [1.54, 1.807) is 17.4 Å². The number of sulfonamides is 1. The number of rotatable bonds is 8. The fourth-order valence-electron chi connectivity index (χ4n) is 4.18. The summed E-state index contributed by atoms with van der Waals surface area (Å²) in [5.74, 6) is 0. The maximum Gasteiger partial charge on any atom is 0.246 e. The van der Waals surface area contributed by atoms with Crippen LogP contribution in [-0.2, 0) is 23.0 Å². The number of benzene rings is 2. The van der Waals surface area contributed by atoms with Crippen molar-refractivity contribution in [2.45, 2.75) is 56.5 Å². The Morgan fingerprint density at radius 3 is 2.20 bits per heavy atom. The van der Waals surface area contributed by atoms with Crippen molar-refractivity contribution < 1.29 is 8.42 Å². The second-order valence-electron chi connectivity index (χ2n) is 8.06. The summed E-state index contributed by atoms with van der Waals surface area (Å²) in [4.78, 5) is 0.332. The van der Waals surface area contributed by atoms with Crippen LogP contribution in [0.15, 0.2) is 71.8 Å². The van der Waals surface area contributed by atoms with Gasteiger partial charge in [-0.2, -0.15) is 9.40 Å². The van der Waals surface area contributed by atoms with Crippen molar-refractivity contribution in [3.63, 3.8) is 0 Å². The molecule has 1 aliphatic rings. The molecule has 6 heteroatoms. The summed E-state index contributed by atoms with van der Waals surface area (Å²) in [6.07, 6.45) is 6.93. The molecule has 1 fully saturated rings. The predicted molar refractivity (Wildman–Crippen MR) is 119 cm³/mol. The predicted octanol–water partition coefficient (Wildman–Crippen LogP) is 4.74. The van der Waals surface area contributed by atoms with E-state index in [-0.39, 0.29) is 0 Å². The number of aryl methyl sites for hydroxylation is 1. The lowest BCUT2D eigenvalue weighted by Crippen LogP contribution is -2.32. The molecule has 0 N–H and O–H groups in total. The van der Waals surface area contributed by atoms with Gasteiger partial charge in [-0.3, -0.25) is 4.68 Å². The smallest absolute Gasteiger partial charge is 0.246 e. The van der Waals surface area contributed by atoms with Gasteiger partial charge in [0.1, 0.15) is 4.90 Å². The Morgan fingerprint density at radius 2 is 1.57 bits per heavy atom. The molecular weight excluding hydrogens is 394 g/mol. The van der Waals surface area contributed by atoms with E-state index in [4.69, 9.17) is 0 Å². The summed E-state index contributed by atoms with van der Waals surface area (Å²) in [5, 5.41) is 4.58. The molecule has 4 rings (SSSR count). The number of hydrogen-bond donors (Lipinski definition) is 0. The number of nitrogens with zero attached hydrogens (tertiary/aromatic N) is 3. The molecule has 0 amide bonds. The molecule has 1 heterocycles. The van der Waals surface area contributed by atoms with Gasteiger partial charge in [-0.05, 0) is 37.3 Å². The normalized spacial score (nSPS) is 15.1. The lowest BCUT2D eigenvalue weighted by atomic mass is 10.1. The molecule has 1 saturated carbocycles. The van der Waals surface area contributed by atoms with Gasteiger partial charge in [-0.1, -0.05) is 73.5 Å². The van der Waals surface area contributed by atoms with E-state index in [0.29, 0.717) is 36.1 Å². The van der Waals surface area contributed by atoms with Crippen LogP contribution < -0.4 is 0 Å². The van der Waals surface area contributed by atoms with Gasteiger partial charge in [-0.15, -0.1) is 0 Å². The summed E-state index contributed by atoms with van der Waals surface area (Å²) in [6.45, 7) is 2.58. The van der Waals surface area contributed by atoms with Gasteiger partial charge < -0.3 is 0 Å². The molecule has 0 bridgehead atoms. The van der Waals surface area contributed by atoms with Crippen LogP contribution in [-0.4, -0.2) is 29.0 Å². The molecule has 0 spiro atoms. The van der Waals surface area contributed by atoms with E-state index in [0.717, 1.165) is 24.0 Å². The summed E-state index contributed by atoms with van der Waals surface area (Å²) >= 11 is 0. The Balaban J connectivity index is 1.62. The van der Waals surface area contributed by atoms with E-state index in [1.807, 2.05) is 65.3 Å². The van der Waals surface area contributed by atoms with Crippen LogP contribution in [0.1, 0.15) is 48.5 Å². The average Bonchev–Trinajstić information content (AvgIpc) is 3.42. The fraction of sp³-hybridized carbons (Fsp3) is 0.375. The molecule has 0 aliphatic heterocycles. The molecule has 1 aliphatic carbocycles. The maximum absolute atomic E-state index is 13.7. The molecule has 2 aromatic carbocycles. The topological polar surface area (TPSA) is 55.2 Å². The highest BCUT2D eigenvalue weighted by atomic mass is 32.2. The fourth-order valence-corrected chi connectivity index (χ4v) is 5.77. The van der Waals surface area contributed by atoms with Crippen LogP contribution in [0, 0.1) is 6.92 Å². The largest absolute Gasteiger partial charge is 0.268 e. The Bertz CT molecular complexity index is 1060. The SMILES string of the molecule is Cc1nn(C2CCCC2)cc1S(=O)(=O)N(CCc1ccccc1)Cc1ccccc1. The van der Waals surface area contributed by atoms with Crippen LogP contribution >= 0.6 is 0 Å². The molecule has 1 aromatic heterocycles. The minimum Gasteiger partial charge on any atom is -0.268 e. The van der Waals surface area contributed by atoms with Crippen molar-refractivity contribution >= 4 is 10.0 Å². The highest BCUT2D eigenvalue weighted by molar-refractivity contribution is 7.89. The van der Waals surface area contributed by atoms with Gasteiger partial charge in [0.05, 0.1) is 11.7 Å². The second-order valence-corrected chi connectivity index (χ2v) is 9.96. The Morgan fingerprint density at radius 1 is 0.967 bits per heavy atom. The summed E-state index contributed by atoms with van der Waals surface area (Å²) in [5.41, 5.74) is 2.69. The Kier molecular flexibility index (Phi) is 6.35. The first-order chi connectivity index (χ1) is 14.5. The molecule has 0 radical (unpaired) electrons. The molecule has 30 heavy (non-hydrogen) atoms. The lowest BCUT2D eigenvalue weighted by molar-refractivity contribution is 0.409. The van der Waals surface area contributed by atoms with Crippen molar-refractivity contribution in [1.29, 1.82) is 0 Å². The zero-order valence-electron chi connectivity index (χ0n) is 17.4. The highest BCUT2D eigenvalue weighted by Gasteiger charge is 2.30. The molecule has 5 nitrogen and oxygen atoms in total. The zero-order chi connectivity index (χ0) is 21.0. The van der Waals surface area contributed by atoms with Crippen LogP contribution in [0.5, 0.6) is 0 Å². The third-order valence-electron chi connectivity index (χ3n) is 5.88. The van der Waals surface area contributed by atoms with Gasteiger partial charge in [0.15, 0.2) is 0 Å². The van der Waals surface area contributed by atoms with E-state index in [1.165, 1.54) is 12.8 Å². The summed E-state index contributed by atoms with van der Waals surface area (Å²) in [6, 6.07) is 20.1. The summed E-state index contributed by atoms with van der Waals surface area (Å²) in [7, 11) is -3.66. The van der Waals surface area contributed by atoms with Gasteiger partial charge in [0.25, 0.3) is 0 Å². The minimum atomic E-state index is -3.66. The zero-order valence-corrected chi connectivity index (χ0v) is 18.3. The van der Waals surface area contributed by atoms with Crippen molar-refractivity contribution in [3.8, 4) is 0 Å². The third-order valence-corrected chi connectivity index (χ3v) is 7.83. The number of hydrogen-bond acceptors (Lipinski definition) is 3. The molecule has 0 saturated heterocycles. The van der Waals surface area contributed by atoms with Gasteiger partial charge in [0, 0.05) is 19.3 Å². The molecule has 0 atom stereocenters. The Hall–Kier alpha value is -2.44. The first-order valence-corrected chi connectivity index (χ1v) is 12.1. The first kappa shape index (κ1) is 20.8. The number of aromatic nitrogens is 2. The van der Waals surface area contributed by atoms with Gasteiger partial charge in [0.2, 0.25) is 10.0 Å². The van der Waals surface area contributed by atoms with Crippen molar-refractivity contribution in [2.75, 3.05) is 6.54 Å². The van der Waals surface area contributed by atoms with Crippen LogP contribution in [0.3, 0.4) is 0 Å². The van der Waals surface area contributed by atoms with Gasteiger partial charge in [-0.25, -0.2) is 8.42 Å². The molecular formula is C24H29N3O2S. The average molecular weight is 424 g/mol. The molecule has 158 valence electrons. The summed E-state index contributed by atoms with van der Waals surface area (Å²) < 4.78 is 30.8. The second kappa shape index (κ2) is 9.14. The van der Waals surface area contributed by atoms with E-state index >= 15 is 0 Å². The molecule has 0 unspecified atom stereocenters. The molecule has 3 aromatic rings. The quantitative estimate of drug-likeness (QED) is 0.526. The maximum atomic E-state index is 13.7. The highest BCUT2D eigenvalue weighted by Crippen LogP contribution is 2.31. The van der Waals surface area contributed by atoms with Crippen molar-refractivity contribution in [3.05, 3.63) is 83.7 Å². The standard InChI is InChI=1S/C24H29N3O2S/c1-20-24(19-27(25-20)23-14-8-9-15-23)30(28,29)26(18-22-12-6-3-7-13-22)17-16-21-10-4-2-5-11-21/h2-7,10-13,19,23H,8-9,14-18H2,1H3. The monoisotopic (exact) mass is 423 g/mol. The van der Waals surface area contributed by atoms with Gasteiger partial charge >= 0.3 is 0 Å². The van der Waals surface area contributed by atoms with Crippen molar-refractivity contribution in [2.24, 2.45) is 0 Å². The van der Waals surface area contributed by atoms with Crippen molar-refractivity contribution in [1.82, 2.24) is 14.1 Å². The van der Waals surface area contributed by atoms with E-state index in [2.05, 4.69) is 5.10 Å². The van der Waals surface area contributed by atoms with Crippen LogP contribution in [0.2, 0.25) is 0 Å². The van der Waals surface area contributed by atoms with Crippen LogP contribution in [0.4, 0.5) is 0 Å². The van der Waals surface area contributed by atoms with E-state index < -0.39 is 10.0 Å². The minimum absolute atomic E-state index is 0.319. The third kappa shape index (κ3) is 4.65. The van der Waals surface area contributed by atoms with Crippen LogP contribution in [0.25, 0.3) is 0 Å². The lowest BCUT2D eigenvalue weighted by Gasteiger charge is -2.22. The van der Waals surface area contributed by atoms with E-state index in [9.17, 15) is 8.42 Å².